The van der Waals surface area contributed by atoms with Crippen molar-refractivity contribution in [2.75, 3.05) is 0 Å². The molecule has 0 bridgehead atoms. The van der Waals surface area contributed by atoms with Crippen LogP contribution < -0.4 is 0 Å². The van der Waals surface area contributed by atoms with Crippen LogP contribution in [0.25, 0.3) is 0 Å². The Kier molecular flexibility index (Phi) is 3.98. The van der Waals surface area contributed by atoms with Gasteiger partial charge in [-0.05, 0) is 18.2 Å². The number of hydrogen-bond acceptors (Lipinski definition) is 1. The monoisotopic (exact) mass is 237 g/mol. The minimum atomic E-state index is 0.171. The predicted octanol–water partition coefficient (Wildman–Crippen LogP) is 3.13. The highest BCUT2D eigenvalue weighted by atomic mass is 16.1. The lowest BCUT2D eigenvalue weighted by atomic mass is 10.2. The molecule has 2 heteroatoms. The maximum atomic E-state index is 11.5. The number of benzene rings is 1. The normalized spacial score (nSPS) is 9.61. The molecule has 0 radical (unpaired) electrons. The minimum absolute atomic E-state index is 0.171. The Morgan fingerprint density at radius 2 is 2.00 bits per heavy atom. The first-order valence-corrected chi connectivity index (χ1v) is 6.02. The molecule has 2 aromatic rings. The van der Waals surface area contributed by atoms with Gasteiger partial charge in [0, 0.05) is 29.9 Å². The fraction of sp³-hybridized carbons (Fsp3) is 0.188. The topological polar surface area (TPSA) is 22.0 Å². The van der Waals surface area contributed by atoms with Crippen molar-refractivity contribution in [2.24, 2.45) is 0 Å². The Labute approximate surface area is 107 Å². The van der Waals surface area contributed by atoms with Crippen LogP contribution in [0.15, 0.2) is 48.8 Å². The molecule has 1 aromatic carbocycles. The Balaban J connectivity index is 2.01. The van der Waals surface area contributed by atoms with E-state index >= 15 is 0 Å². The molecule has 90 valence electrons. The van der Waals surface area contributed by atoms with E-state index < -0.39 is 0 Å². The van der Waals surface area contributed by atoms with Gasteiger partial charge in [0.25, 0.3) is 0 Å². The zero-order valence-corrected chi connectivity index (χ0v) is 10.4. The van der Waals surface area contributed by atoms with Crippen LogP contribution in [0.5, 0.6) is 0 Å². The molecule has 0 amide bonds. The summed E-state index contributed by atoms with van der Waals surface area (Å²) in [6, 6.07) is 11.7. The molecule has 18 heavy (non-hydrogen) atoms. The van der Waals surface area contributed by atoms with Gasteiger partial charge in [-0.1, -0.05) is 37.0 Å². The number of nitrogens with zero attached hydrogens (tertiary/aromatic N) is 1. The zero-order valence-electron chi connectivity index (χ0n) is 10.4. The summed E-state index contributed by atoms with van der Waals surface area (Å²) in [4.78, 5) is 11.5. The number of hydrogen-bond donors (Lipinski definition) is 0. The molecule has 0 saturated carbocycles. The summed E-state index contributed by atoms with van der Waals surface area (Å²) < 4.78 is 1.93. The predicted molar refractivity (Wildman–Crippen MR) is 72.4 cm³/mol. The zero-order chi connectivity index (χ0) is 12.8. The molecule has 0 atom stereocenters. The van der Waals surface area contributed by atoms with Crippen LogP contribution in [0.4, 0.5) is 0 Å². The van der Waals surface area contributed by atoms with Crippen LogP contribution in [0.3, 0.4) is 0 Å². The Morgan fingerprint density at radius 1 is 1.22 bits per heavy atom. The third-order valence-corrected chi connectivity index (χ3v) is 2.66. The van der Waals surface area contributed by atoms with E-state index in [0.29, 0.717) is 13.0 Å². The van der Waals surface area contributed by atoms with Crippen molar-refractivity contribution >= 4 is 5.78 Å². The molecule has 0 aliphatic heterocycles. The smallest absolute Gasteiger partial charge is 0.164 e. The second kappa shape index (κ2) is 5.88. The number of Topliss-reactive ketones (excluding diaryl/α,β-unsaturated/α-hetero) is 1. The lowest BCUT2D eigenvalue weighted by Crippen LogP contribution is -1.95. The van der Waals surface area contributed by atoms with Crippen LogP contribution in [0, 0.1) is 11.8 Å². The van der Waals surface area contributed by atoms with Gasteiger partial charge in [0.05, 0.1) is 6.54 Å². The second-order valence-electron chi connectivity index (χ2n) is 4.02. The molecule has 0 spiro atoms. The van der Waals surface area contributed by atoms with Gasteiger partial charge in [-0.15, -0.1) is 0 Å². The Hall–Kier alpha value is -2.27. The molecule has 0 saturated heterocycles. The minimum Gasteiger partial charge on any atom is -0.342 e. The molecular weight excluding hydrogens is 222 g/mol. The van der Waals surface area contributed by atoms with Gasteiger partial charge in [0.15, 0.2) is 5.78 Å². The number of carbonyl (C=O) groups excluding carboxylic acids is 1. The standard InChI is InChI=1S/C16H15NO/c1-2-16(18)15-10-12-17(13-15)11-6-9-14-7-4-3-5-8-14/h3-5,7-8,10,12-13H,2,11H2,1H3. The van der Waals surface area contributed by atoms with Crippen molar-refractivity contribution in [3.63, 3.8) is 0 Å². The van der Waals surface area contributed by atoms with Gasteiger partial charge in [-0.3, -0.25) is 4.79 Å². The summed E-state index contributed by atoms with van der Waals surface area (Å²) in [6.45, 7) is 2.47. The molecule has 2 nitrogen and oxygen atoms in total. The van der Waals surface area contributed by atoms with Crippen molar-refractivity contribution in [2.45, 2.75) is 19.9 Å². The first-order valence-electron chi connectivity index (χ1n) is 6.02. The SMILES string of the molecule is CCC(=O)c1ccn(CC#Cc2ccccc2)c1. The molecule has 1 aromatic heterocycles. The van der Waals surface area contributed by atoms with Gasteiger partial charge < -0.3 is 4.57 Å². The molecular formula is C16H15NO. The highest BCUT2D eigenvalue weighted by molar-refractivity contribution is 5.95. The molecule has 0 fully saturated rings. The summed E-state index contributed by atoms with van der Waals surface area (Å²) in [5.74, 6) is 6.35. The fourth-order valence-corrected chi connectivity index (χ4v) is 1.66. The van der Waals surface area contributed by atoms with Crippen LogP contribution in [0.1, 0.15) is 29.3 Å². The molecule has 0 aliphatic rings. The molecule has 2 rings (SSSR count). The van der Waals surface area contributed by atoms with E-state index in [0.717, 1.165) is 11.1 Å². The molecule has 1 heterocycles. The molecule has 0 unspecified atom stereocenters. The van der Waals surface area contributed by atoms with Crippen LogP contribution in [-0.2, 0) is 6.54 Å². The lowest BCUT2D eigenvalue weighted by molar-refractivity contribution is 0.0988. The van der Waals surface area contributed by atoms with E-state index in [2.05, 4.69) is 11.8 Å². The number of aromatic nitrogens is 1. The van der Waals surface area contributed by atoms with Crippen molar-refractivity contribution in [3.05, 3.63) is 59.9 Å². The highest BCUT2D eigenvalue weighted by Gasteiger charge is 2.03. The summed E-state index contributed by atoms with van der Waals surface area (Å²) in [5.41, 5.74) is 1.77. The molecule has 0 aliphatic carbocycles. The van der Waals surface area contributed by atoms with Gasteiger partial charge in [0.1, 0.15) is 0 Å². The summed E-state index contributed by atoms with van der Waals surface area (Å²) >= 11 is 0. The highest BCUT2D eigenvalue weighted by Crippen LogP contribution is 2.04. The maximum Gasteiger partial charge on any atom is 0.164 e. The van der Waals surface area contributed by atoms with Crippen LogP contribution in [0.2, 0.25) is 0 Å². The quantitative estimate of drug-likeness (QED) is 0.594. The van der Waals surface area contributed by atoms with Crippen molar-refractivity contribution in [3.8, 4) is 11.8 Å². The Bertz CT molecular complexity index is 584. The lowest BCUT2D eigenvalue weighted by Gasteiger charge is -1.94. The fourth-order valence-electron chi connectivity index (χ4n) is 1.66. The number of rotatable bonds is 3. The second-order valence-corrected chi connectivity index (χ2v) is 4.02. The average Bonchev–Trinajstić information content (AvgIpc) is 2.88. The van der Waals surface area contributed by atoms with Gasteiger partial charge in [0.2, 0.25) is 0 Å². The average molecular weight is 237 g/mol. The largest absolute Gasteiger partial charge is 0.342 e. The maximum absolute atomic E-state index is 11.5. The summed E-state index contributed by atoms with van der Waals surface area (Å²) in [7, 11) is 0. The first kappa shape index (κ1) is 12.2. The van der Waals surface area contributed by atoms with E-state index in [1.165, 1.54) is 0 Å². The summed E-state index contributed by atoms with van der Waals surface area (Å²) in [5, 5.41) is 0. The van der Waals surface area contributed by atoms with Crippen molar-refractivity contribution < 1.29 is 4.79 Å². The van der Waals surface area contributed by atoms with E-state index in [9.17, 15) is 4.79 Å². The van der Waals surface area contributed by atoms with Gasteiger partial charge >= 0.3 is 0 Å². The number of carbonyl (C=O) groups is 1. The summed E-state index contributed by atoms with van der Waals surface area (Å²) in [6.07, 6.45) is 4.29. The van der Waals surface area contributed by atoms with E-state index in [1.807, 2.05) is 60.3 Å². The first-order chi connectivity index (χ1) is 8.79. The number of ketones is 1. The Morgan fingerprint density at radius 3 is 2.72 bits per heavy atom. The van der Waals surface area contributed by atoms with E-state index in [-0.39, 0.29) is 5.78 Å². The van der Waals surface area contributed by atoms with Crippen LogP contribution in [-0.4, -0.2) is 10.4 Å². The van der Waals surface area contributed by atoms with Crippen molar-refractivity contribution in [1.29, 1.82) is 0 Å². The van der Waals surface area contributed by atoms with Gasteiger partial charge in [-0.25, -0.2) is 0 Å². The third-order valence-electron chi connectivity index (χ3n) is 2.66. The van der Waals surface area contributed by atoms with E-state index in [4.69, 9.17) is 0 Å². The van der Waals surface area contributed by atoms with Gasteiger partial charge in [-0.2, -0.15) is 0 Å². The van der Waals surface area contributed by atoms with E-state index in [1.54, 1.807) is 0 Å². The van der Waals surface area contributed by atoms with Crippen LogP contribution >= 0.6 is 0 Å². The van der Waals surface area contributed by atoms with Crippen molar-refractivity contribution in [1.82, 2.24) is 4.57 Å². The third kappa shape index (κ3) is 3.11. The molecule has 0 N–H and O–H groups in total.